The van der Waals surface area contributed by atoms with Gasteiger partial charge in [0, 0.05) is 11.2 Å². The monoisotopic (exact) mass is 175 g/mol. The molecule has 0 aliphatic carbocycles. The Balaban J connectivity index is 0.000000251. The van der Waals surface area contributed by atoms with Gasteiger partial charge in [-0.1, -0.05) is 38.5 Å². The minimum atomic E-state index is 1.22. The van der Waals surface area contributed by atoms with E-state index in [0.717, 1.165) is 0 Å². The van der Waals surface area contributed by atoms with Crippen LogP contribution in [0.3, 0.4) is 0 Å². The van der Waals surface area contributed by atoms with E-state index >= 15 is 0 Å². The Morgan fingerprint density at radius 3 is 2.38 bits per heavy atom. The van der Waals surface area contributed by atoms with Gasteiger partial charge in [-0.25, -0.2) is 0 Å². The van der Waals surface area contributed by atoms with Crippen molar-refractivity contribution in [3.63, 3.8) is 0 Å². The lowest BCUT2D eigenvalue weighted by molar-refractivity contribution is 1.09. The molecule has 0 unspecified atom stereocenters. The molecule has 0 aliphatic rings. The number of rotatable bonds is 0. The standard InChI is InChI=1S/C9H9N.C3H8/c1-7-6-8-4-2-3-5-9(8)10-7;1-3-2/h2-6,10H,1H3;3H2,1-2H3. The molecule has 1 heterocycles. The first kappa shape index (κ1) is 9.85. The number of H-pyrrole nitrogens is 1. The summed E-state index contributed by atoms with van der Waals surface area (Å²) in [5, 5.41) is 1.29. The molecule has 70 valence electrons. The molecular formula is C12H17N. The van der Waals surface area contributed by atoms with Crippen molar-refractivity contribution >= 4 is 10.9 Å². The molecule has 0 saturated heterocycles. The summed E-state index contributed by atoms with van der Waals surface area (Å²) in [5.41, 5.74) is 2.45. The number of benzene rings is 1. The van der Waals surface area contributed by atoms with Gasteiger partial charge in [-0.05, 0) is 24.4 Å². The number of hydrogen-bond donors (Lipinski definition) is 1. The van der Waals surface area contributed by atoms with Gasteiger partial charge in [0.05, 0.1) is 0 Å². The number of hydrogen-bond acceptors (Lipinski definition) is 0. The molecule has 0 atom stereocenters. The van der Waals surface area contributed by atoms with Gasteiger partial charge in [-0.15, -0.1) is 0 Å². The summed E-state index contributed by atoms with van der Waals surface area (Å²) in [6.45, 7) is 6.32. The molecule has 13 heavy (non-hydrogen) atoms. The van der Waals surface area contributed by atoms with Crippen molar-refractivity contribution < 1.29 is 0 Å². The zero-order valence-electron chi connectivity index (χ0n) is 8.59. The summed E-state index contributed by atoms with van der Waals surface area (Å²) < 4.78 is 0. The molecule has 0 spiro atoms. The molecule has 1 nitrogen and oxygen atoms in total. The minimum absolute atomic E-state index is 1.22. The van der Waals surface area contributed by atoms with Crippen LogP contribution in [0, 0.1) is 6.92 Å². The van der Waals surface area contributed by atoms with Crippen molar-refractivity contribution in [2.24, 2.45) is 0 Å². The predicted octanol–water partition coefficient (Wildman–Crippen LogP) is 3.89. The molecule has 0 amide bonds. The molecule has 0 saturated carbocycles. The van der Waals surface area contributed by atoms with Crippen molar-refractivity contribution in [1.82, 2.24) is 4.98 Å². The Bertz CT molecular complexity index is 327. The molecule has 0 fully saturated rings. The van der Waals surface area contributed by atoms with E-state index in [2.05, 4.69) is 50.0 Å². The minimum Gasteiger partial charge on any atom is -0.359 e. The van der Waals surface area contributed by atoms with Crippen LogP contribution < -0.4 is 0 Å². The van der Waals surface area contributed by atoms with Gasteiger partial charge in [0.2, 0.25) is 0 Å². The summed E-state index contributed by atoms with van der Waals surface area (Å²) in [6.07, 6.45) is 1.25. The lowest BCUT2D eigenvalue weighted by Crippen LogP contribution is -1.65. The Labute approximate surface area is 79.8 Å². The van der Waals surface area contributed by atoms with Crippen LogP contribution in [0.5, 0.6) is 0 Å². The van der Waals surface area contributed by atoms with Crippen LogP contribution in [0.2, 0.25) is 0 Å². The zero-order chi connectivity index (χ0) is 9.68. The fourth-order valence-corrected chi connectivity index (χ4v) is 1.22. The molecule has 2 rings (SSSR count). The fourth-order valence-electron chi connectivity index (χ4n) is 1.22. The third-order valence-electron chi connectivity index (χ3n) is 1.66. The number of aromatic nitrogens is 1. The number of para-hydroxylation sites is 1. The second-order valence-corrected chi connectivity index (χ2v) is 3.25. The molecular weight excluding hydrogens is 158 g/mol. The fraction of sp³-hybridized carbons (Fsp3) is 0.333. The van der Waals surface area contributed by atoms with Crippen molar-refractivity contribution in [1.29, 1.82) is 0 Å². The molecule has 0 bridgehead atoms. The molecule has 1 N–H and O–H groups in total. The van der Waals surface area contributed by atoms with E-state index in [1.165, 1.54) is 23.0 Å². The maximum atomic E-state index is 3.26. The Morgan fingerprint density at radius 1 is 1.15 bits per heavy atom. The van der Waals surface area contributed by atoms with Crippen molar-refractivity contribution in [2.45, 2.75) is 27.2 Å². The lowest BCUT2D eigenvalue weighted by Gasteiger charge is -1.83. The van der Waals surface area contributed by atoms with E-state index in [9.17, 15) is 0 Å². The van der Waals surface area contributed by atoms with Crippen molar-refractivity contribution in [2.75, 3.05) is 0 Å². The Morgan fingerprint density at radius 2 is 1.77 bits per heavy atom. The lowest BCUT2D eigenvalue weighted by atomic mass is 10.2. The van der Waals surface area contributed by atoms with Crippen molar-refractivity contribution in [3.05, 3.63) is 36.0 Å². The van der Waals surface area contributed by atoms with E-state index in [-0.39, 0.29) is 0 Å². The summed E-state index contributed by atoms with van der Waals surface area (Å²) in [6, 6.07) is 10.4. The van der Waals surface area contributed by atoms with Crippen LogP contribution >= 0.6 is 0 Å². The maximum absolute atomic E-state index is 3.26. The first-order chi connectivity index (χ1) is 6.27. The Kier molecular flexibility index (Phi) is 3.56. The molecule has 0 aliphatic heterocycles. The van der Waals surface area contributed by atoms with Gasteiger partial charge < -0.3 is 4.98 Å². The summed E-state index contributed by atoms with van der Waals surface area (Å²) in [4.78, 5) is 3.26. The van der Waals surface area contributed by atoms with Crippen molar-refractivity contribution in [3.8, 4) is 0 Å². The smallest absolute Gasteiger partial charge is 0.0455 e. The van der Waals surface area contributed by atoms with Gasteiger partial charge in [0.15, 0.2) is 0 Å². The van der Waals surface area contributed by atoms with E-state index in [1.54, 1.807) is 0 Å². The topological polar surface area (TPSA) is 15.8 Å². The van der Waals surface area contributed by atoms with Crippen LogP contribution in [0.1, 0.15) is 26.0 Å². The number of nitrogens with one attached hydrogen (secondary N) is 1. The average Bonchev–Trinajstić information content (AvgIpc) is 2.45. The zero-order valence-corrected chi connectivity index (χ0v) is 8.59. The van der Waals surface area contributed by atoms with Gasteiger partial charge in [-0.3, -0.25) is 0 Å². The second kappa shape index (κ2) is 4.70. The van der Waals surface area contributed by atoms with E-state index in [0.29, 0.717) is 0 Å². The third-order valence-corrected chi connectivity index (χ3v) is 1.66. The average molecular weight is 175 g/mol. The van der Waals surface area contributed by atoms with Crippen LogP contribution in [0.15, 0.2) is 30.3 Å². The number of aryl methyl sites for hydroxylation is 1. The largest absolute Gasteiger partial charge is 0.359 e. The highest BCUT2D eigenvalue weighted by atomic mass is 14.7. The summed E-state index contributed by atoms with van der Waals surface area (Å²) in [5.74, 6) is 0. The van der Waals surface area contributed by atoms with Gasteiger partial charge in [0.25, 0.3) is 0 Å². The SMILES string of the molecule is CCC.Cc1cc2ccccc2[nH]1. The maximum Gasteiger partial charge on any atom is 0.0455 e. The normalized spacial score (nSPS) is 9.46. The summed E-state index contributed by atoms with van der Waals surface area (Å²) in [7, 11) is 0. The molecule has 1 heteroatoms. The molecule has 2 aromatic rings. The highest BCUT2D eigenvalue weighted by Gasteiger charge is 1.92. The Hall–Kier alpha value is -1.24. The summed E-state index contributed by atoms with van der Waals surface area (Å²) >= 11 is 0. The van der Waals surface area contributed by atoms with Gasteiger partial charge >= 0.3 is 0 Å². The van der Waals surface area contributed by atoms with Gasteiger partial charge in [-0.2, -0.15) is 0 Å². The highest BCUT2D eigenvalue weighted by Crippen LogP contribution is 2.12. The molecule has 0 radical (unpaired) electrons. The molecule has 1 aromatic heterocycles. The number of fused-ring (bicyclic) bond motifs is 1. The van der Waals surface area contributed by atoms with Gasteiger partial charge in [0.1, 0.15) is 0 Å². The quantitative estimate of drug-likeness (QED) is 0.625. The van der Waals surface area contributed by atoms with Crippen LogP contribution in [0.4, 0.5) is 0 Å². The number of aromatic amines is 1. The van der Waals surface area contributed by atoms with E-state index in [4.69, 9.17) is 0 Å². The van der Waals surface area contributed by atoms with E-state index in [1.807, 2.05) is 6.07 Å². The molecule has 1 aromatic carbocycles. The van der Waals surface area contributed by atoms with Crippen LogP contribution in [-0.4, -0.2) is 4.98 Å². The highest BCUT2D eigenvalue weighted by molar-refractivity contribution is 5.79. The second-order valence-electron chi connectivity index (χ2n) is 3.25. The predicted molar refractivity (Wildman–Crippen MR) is 59.0 cm³/mol. The first-order valence-electron chi connectivity index (χ1n) is 4.82. The van der Waals surface area contributed by atoms with Crippen LogP contribution in [-0.2, 0) is 0 Å². The third kappa shape index (κ3) is 2.62. The first-order valence-corrected chi connectivity index (χ1v) is 4.82. The van der Waals surface area contributed by atoms with Crippen LogP contribution in [0.25, 0.3) is 10.9 Å². The van der Waals surface area contributed by atoms with E-state index < -0.39 is 0 Å².